The number of carboxylic acids is 1. The van der Waals surface area contributed by atoms with E-state index < -0.39 is 18.1 Å². The number of amides is 1. The van der Waals surface area contributed by atoms with Crippen molar-refractivity contribution in [1.29, 1.82) is 0 Å². The number of aliphatic carboxylic acids is 1. The number of ether oxygens (including phenoxy) is 1. The van der Waals surface area contributed by atoms with Gasteiger partial charge < -0.3 is 19.6 Å². The van der Waals surface area contributed by atoms with Gasteiger partial charge in [-0.25, -0.2) is 14.6 Å². The van der Waals surface area contributed by atoms with Crippen LogP contribution in [-0.2, 0) is 21.9 Å². The number of carbonyl (C=O) groups excluding carboxylic acids is 1. The number of hydrogen-bond acceptors (Lipinski definition) is 5. The van der Waals surface area contributed by atoms with Gasteiger partial charge in [0.25, 0.3) is 0 Å². The quantitative estimate of drug-likeness (QED) is 0.520. The van der Waals surface area contributed by atoms with E-state index in [4.69, 9.17) is 4.74 Å². The highest BCUT2D eigenvalue weighted by Gasteiger charge is 2.20. The van der Waals surface area contributed by atoms with Crippen LogP contribution in [0.25, 0.3) is 5.65 Å². The molecule has 1 atom stereocenters. The molecule has 0 radical (unpaired) electrons. The van der Waals surface area contributed by atoms with E-state index in [2.05, 4.69) is 10.3 Å². The summed E-state index contributed by atoms with van der Waals surface area (Å²) in [6.07, 6.45) is 3.56. The van der Waals surface area contributed by atoms with E-state index in [1.165, 1.54) is 0 Å². The molecule has 0 saturated heterocycles. The Labute approximate surface area is 173 Å². The van der Waals surface area contributed by atoms with Crippen LogP contribution in [0.15, 0.2) is 54.9 Å². The number of imidazole rings is 1. The summed E-state index contributed by atoms with van der Waals surface area (Å²) in [6.45, 7) is 2.12. The van der Waals surface area contributed by atoms with Gasteiger partial charge in [0.2, 0.25) is 0 Å². The average Bonchev–Trinajstić information content (AvgIpc) is 3.11. The Morgan fingerprint density at radius 2 is 2.00 bits per heavy atom. The minimum Gasteiger partial charge on any atom is -0.480 e. The molecule has 2 N–H and O–H groups in total. The number of hydrogen-bond donors (Lipinski definition) is 2. The van der Waals surface area contributed by atoms with Gasteiger partial charge >= 0.3 is 12.1 Å². The number of nitrogens with one attached hydrogen (secondary N) is 1. The summed E-state index contributed by atoms with van der Waals surface area (Å²) in [5, 5.41) is 11.8. The SMILES string of the molecule is Cc1ccc2nc(CSCCC(NC(=O)OCc3ccccc3)C(=O)O)cn2c1. The van der Waals surface area contributed by atoms with Crippen molar-refractivity contribution in [1.82, 2.24) is 14.7 Å². The molecule has 0 saturated carbocycles. The van der Waals surface area contributed by atoms with Crippen LogP contribution in [0.3, 0.4) is 0 Å². The van der Waals surface area contributed by atoms with Crippen molar-refractivity contribution in [2.45, 2.75) is 31.7 Å². The number of alkyl carbamates (subject to hydrolysis) is 1. The van der Waals surface area contributed by atoms with Gasteiger partial charge in [-0.3, -0.25) is 0 Å². The molecule has 1 amide bonds. The van der Waals surface area contributed by atoms with Crippen LogP contribution in [0.2, 0.25) is 0 Å². The average molecular weight is 413 g/mol. The molecular weight excluding hydrogens is 390 g/mol. The number of thioether (sulfide) groups is 1. The van der Waals surface area contributed by atoms with E-state index >= 15 is 0 Å². The second kappa shape index (κ2) is 9.97. The Kier molecular flexibility index (Phi) is 7.13. The standard InChI is InChI=1S/C21H23N3O4S/c1-15-7-8-19-22-17(12-24(19)11-15)14-29-10-9-18(20(25)26)23-21(27)28-13-16-5-3-2-4-6-16/h2-8,11-12,18H,9-10,13-14H2,1H3,(H,23,27)(H,25,26). The van der Waals surface area contributed by atoms with Crippen molar-refractivity contribution < 1.29 is 19.4 Å². The number of rotatable bonds is 9. The molecule has 8 heteroatoms. The molecule has 29 heavy (non-hydrogen) atoms. The lowest BCUT2D eigenvalue weighted by atomic mass is 10.2. The summed E-state index contributed by atoms with van der Waals surface area (Å²) >= 11 is 1.58. The first-order valence-corrected chi connectivity index (χ1v) is 10.4. The first-order valence-electron chi connectivity index (χ1n) is 9.23. The number of carbonyl (C=O) groups is 2. The van der Waals surface area contributed by atoms with Gasteiger partial charge in [-0.2, -0.15) is 11.8 Å². The second-order valence-electron chi connectivity index (χ2n) is 6.64. The Morgan fingerprint density at radius 3 is 2.76 bits per heavy atom. The van der Waals surface area contributed by atoms with Crippen molar-refractivity contribution in [2.24, 2.45) is 0 Å². The number of carboxylic acid groups (broad SMARTS) is 1. The minimum absolute atomic E-state index is 0.0983. The third-order valence-corrected chi connectivity index (χ3v) is 5.28. The summed E-state index contributed by atoms with van der Waals surface area (Å²) < 4.78 is 7.08. The number of fused-ring (bicyclic) bond motifs is 1. The van der Waals surface area contributed by atoms with Gasteiger partial charge in [-0.15, -0.1) is 0 Å². The maximum absolute atomic E-state index is 11.9. The maximum atomic E-state index is 11.9. The molecule has 0 spiro atoms. The van der Waals surface area contributed by atoms with Gasteiger partial charge in [0, 0.05) is 18.1 Å². The lowest BCUT2D eigenvalue weighted by molar-refractivity contribution is -0.139. The molecule has 3 rings (SSSR count). The fourth-order valence-electron chi connectivity index (χ4n) is 2.77. The van der Waals surface area contributed by atoms with Crippen molar-refractivity contribution in [2.75, 3.05) is 5.75 Å². The molecule has 0 aliphatic rings. The van der Waals surface area contributed by atoms with E-state index in [1.807, 2.05) is 66.2 Å². The van der Waals surface area contributed by atoms with Crippen LogP contribution in [0, 0.1) is 6.92 Å². The van der Waals surface area contributed by atoms with Crippen molar-refractivity contribution >= 4 is 29.5 Å². The van der Waals surface area contributed by atoms with Crippen LogP contribution in [0.4, 0.5) is 4.79 Å². The molecule has 2 heterocycles. The molecule has 3 aromatic rings. The predicted molar refractivity (Wildman–Crippen MR) is 112 cm³/mol. The lowest BCUT2D eigenvalue weighted by Crippen LogP contribution is -2.41. The topological polar surface area (TPSA) is 92.9 Å². The summed E-state index contributed by atoms with van der Waals surface area (Å²) in [4.78, 5) is 27.9. The second-order valence-corrected chi connectivity index (χ2v) is 7.75. The van der Waals surface area contributed by atoms with Crippen LogP contribution in [0.1, 0.15) is 23.2 Å². The molecule has 0 fully saturated rings. The first-order chi connectivity index (χ1) is 14.0. The fourth-order valence-corrected chi connectivity index (χ4v) is 3.66. The summed E-state index contributed by atoms with van der Waals surface area (Å²) in [5.74, 6) is 0.166. The van der Waals surface area contributed by atoms with E-state index in [1.54, 1.807) is 11.8 Å². The summed E-state index contributed by atoms with van der Waals surface area (Å²) in [6, 6.07) is 12.2. The monoisotopic (exact) mass is 413 g/mol. The zero-order valence-corrected chi connectivity index (χ0v) is 16.9. The molecule has 2 aromatic heterocycles. The molecule has 7 nitrogen and oxygen atoms in total. The highest BCUT2D eigenvalue weighted by atomic mass is 32.2. The smallest absolute Gasteiger partial charge is 0.408 e. The largest absolute Gasteiger partial charge is 0.480 e. The van der Waals surface area contributed by atoms with E-state index in [0.29, 0.717) is 17.9 Å². The Bertz CT molecular complexity index is 974. The zero-order chi connectivity index (χ0) is 20.6. The van der Waals surface area contributed by atoms with Crippen LogP contribution in [0.5, 0.6) is 0 Å². The first kappa shape index (κ1) is 20.7. The van der Waals surface area contributed by atoms with Crippen molar-refractivity contribution in [3.05, 3.63) is 71.7 Å². The van der Waals surface area contributed by atoms with E-state index in [-0.39, 0.29) is 6.61 Å². The molecular formula is C21H23N3O4S. The molecule has 1 aromatic carbocycles. The highest BCUT2D eigenvalue weighted by Crippen LogP contribution is 2.15. The highest BCUT2D eigenvalue weighted by molar-refractivity contribution is 7.98. The van der Waals surface area contributed by atoms with Crippen LogP contribution >= 0.6 is 11.8 Å². The van der Waals surface area contributed by atoms with Gasteiger partial charge in [-0.05, 0) is 36.3 Å². The van der Waals surface area contributed by atoms with Gasteiger partial charge in [-0.1, -0.05) is 36.4 Å². The van der Waals surface area contributed by atoms with Gasteiger partial charge in [0.05, 0.1) is 5.69 Å². The molecule has 1 unspecified atom stereocenters. The lowest BCUT2D eigenvalue weighted by Gasteiger charge is -2.14. The molecule has 152 valence electrons. The van der Waals surface area contributed by atoms with Gasteiger partial charge in [0.15, 0.2) is 0 Å². The van der Waals surface area contributed by atoms with E-state index in [0.717, 1.165) is 22.5 Å². The molecule has 0 aliphatic heterocycles. The van der Waals surface area contributed by atoms with E-state index in [9.17, 15) is 14.7 Å². The Balaban J connectivity index is 1.42. The zero-order valence-electron chi connectivity index (χ0n) is 16.1. The Morgan fingerprint density at radius 1 is 1.21 bits per heavy atom. The third kappa shape index (κ3) is 6.25. The van der Waals surface area contributed by atoms with Gasteiger partial charge in [0.1, 0.15) is 18.3 Å². The Hall–Kier alpha value is -3.00. The number of aromatic nitrogens is 2. The summed E-state index contributed by atoms with van der Waals surface area (Å²) in [7, 11) is 0. The van der Waals surface area contributed by atoms with Crippen LogP contribution in [-0.4, -0.2) is 38.3 Å². The normalized spacial score (nSPS) is 11.9. The number of benzene rings is 1. The number of nitrogens with zero attached hydrogens (tertiary/aromatic N) is 2. The fraction of sp³-hybridized carbons (Fsp3) is 0.286. The van der Waals surface area contributed by atoms with Crippen molar-refractivity contribution in [3.63, 3.8) is 0 Å². The van der Waals surface area contributed by atoms with Crippen molar-refractivity contribution in [3.8, 4) is 0 Å². The maximum Gasteiger partial charge on any atom is 0.408 e. The summed E-state index contributed by atoms with van der Waals surface area (Å²) in [5.41, 5.74) is 3.82. The minimum atomic E-state index is -1.08. The number of aryl methyl sites for hydroxylation is 1. The number of pyridine rings is 1. The van der Waals surface area contributed by atoms with Crippen LogP contribution < -0.4 is 5.32 Å². The third-order valence-electron chi connectivity index (χ3n) is 4.25. The molecule has 0 bridgehead atoms. The molecule has 0 aliphatic carbocycles. The predicted octanol–water partition coefficient (Wildman–Crippen LogP) is 3.65.